The zero-order chi connectivity index (χ0) is 21.1. The van der Waals surface area contributed by atoms with E-state index in [2.05, 4.69) is 27.0 Å². The number of aromatic nitrogens is 3. The SMILES string of the molecule is COCCn1c(C)nc2sc(N3CCC[C@@H]3C(=O)CCc3ccccc3)nc2c1=O. The highest BCUT2D eigenvalue weighted by atomic mass is 32.1. The average molecular weight is 427 g/mol. The molecule has 0 aliphatic carbocycles. The van der Waals surface area contributed by atoms with Gasteiger partial charge >= 0.3 is 0 Å². The number of aryl methyl sites for hydroxylation is 2. The summed E-state index contributed by atoms with van der Waals surface area (Å²) in [6.45, 7) is 3.48. The fourth-order valence-corrected chi connectivity index (χ4v) is 5.03. The molecule has 0 saturated carbocycles. The second kappa shape index (κ2) is 9.06. The van der Waals surface area contributed by atoms with Crippen molar-refractivity contribution >= 4 is 32.6 Å². The highest BCUT2D eigenvalue weighted by Crippen LogP contribution is 2.32. The largest absolute Gasteiger partial charge is 0.383 e. The number of carbonyl (C=O) groups is 1. The molecule has 1 aromatic carbocycles. The van der Waals surface area contributed by atoms with E-state index < -0.39 is 0 Å². The molecule has 2 aromatic heterocycles. The topological polar surface area (TPSA) is 77.3 Å². The van der Waals surface area contributed by atoms with E-state index in [1.54, 1.807) is 11.7 Å². The summed E-state index contributed by atoms with van der Waals surface area (Å²) in [6, 6.07) is 9.90. The number of hydrogen-bond donors (Lipinski definition) is 0. The van der Waals surface area contributed by atoms with E-state index in [1.165, 1.54) is 16.9 Å². The Balaban J connectivity index is 1.55. The Kier molecular flexibility index (Phi) is 6.24. The summed E-state index contributed by atoms with van der Waals surface area (Å²) in [6.07, 6.45) is 3.03. The summed E-state index contributed by atoms with van der Waals surface area (Å²) >= 11 is 1.40. The first-order chi connectivity index (χ1) is 14.6. The third kappa shape index (κ3) is 4.15. The molecule has 1 saturated heterocycles. The molecular weight excluding hydrogens is 400 g/mol. The van der Waals surface area contributed by atoms with Crippen molar-refractivity contribution in [2.24, 2.45) is 0 Å². The van der Waals surface area contributed by atoms with Crippen LogP contribution < -0.4 is 10.5 Å². The van der Waals surface area contributed by atoms with Crippen LogP contribution in [0, 0.1) is 6.92 Å². The third-order valence-electron chi connectivity index (χ3n) is 5.59. The lowest BCUT2D eigenvalue weighted by Crippen LogP contribution is -2.36. The first-order valence-corrected chi connectivity index (χ1v) is 11.1. The Labute approximate surface area is 179 Å². The van der Waals surface area contributed by atoms with Crippen LogP contribution in [0.25, 0.3) is 10.3 Å². The Hall–Kier alpha value is -2.58. The summed E-state index contributed by atoms with van der Waals surface area (Å²) < 4.78 is 6.70. The molecule has 0 unspecified atom stereocenters. The van der Waals surface area contributed by atoms with Gasteiger partial charge in [-0.15, -0.1) is 0 Å². The van der Waals surface area contributed by atoms with Gasteiger partial charge in [0.2, 0.25) is 0 Å². The number of rotatable bonds is 8. The number of thiazole rings is 1. The number of hydrogen-bond acceptors (Lipinski definition) is 7. The predicted octanol–water partition coefficient (Wildman–Crippen LogP) is 2.98. The average Bonchev–Trinajstić information content (AvgIpc) is 3.40. The summed E-state index contributed by atoms with van der Waals surface area (Å²) in [5.74, 6) is 0.883. The van der Waals surface area contributed by atoms with Crippen LogP contribution in [0.2, 0.25) is 0 Å². The molecule has 0 N–H and O–H groups in total. The number of ether oxygens (including phenoxy) is 1. The molecule has 0 bridgehead atoms. The number of fused-ring (bicyclic) bond motifs is 1. The monoisotopic (exact) mass is 426 g/mol. The van der Waals surface area contributed by atoms with Gasteiger partial charge in [-0.2, -0.15) is 0 Å². The van der Waals surface area contributed by atoms with Crippen LogP contribution >= 0.6 is 11.3 Å². The molecule has 4 rings (SSSR count). The van der Waals surface area contributed by atoms with Gasteiger partial charge in [0.15, 0.2) is 21.3 Å². The van der Waals surface area contributed by atoms with Crippen LogP contribution in [0.4, 0.5) is 5.13 Å². The predicted molar refractivity (Wildman–Crippen MR) is 118 cm³/mol. The minimum Gasteiger partial charge on any atom is -0.383 e. The highest BCUT2D eigenvalue weighted by Gasteiger charge is 2.32. The van der Waals surface area contributed by atoms with Gasteiger partial charge in [0, 0.05) is 20.1 Å². The van der Waals surface area contributed by atoms with E-state index in [-0.39, 0.29) is 17.4 Å². The summed E-state index contributed by atoms with van der Waals surface area (Å²) in [4.78, 5) is 37.7. The van der Waals surface area contributed by atoms with Crippen molar-refractivity contribution < 1.29 is 9.53 Å². The fraction of sp³-hybridized carbons (Fsp3) is 0.455. The van der Waals surface area contributed by atoms with Gasteiger partial charge in [-0.25, -0.2) is 9.97 Å². The van der Waals surface area contributed by atoms with Crippen molar-refractivity contribution in [2.75, 3.05) is 25.2 Å². The van der Waals surface area contributed by atoms with Gasteiger partial charge in [-0.3, -0.25) is 14.2 Å². The van der Waals surface area contributed by atoms with Gasteiger partial charge < -0.3 is 9.64 Å². The zero-order valence-electron chi connectivity index (χ0n) is 17.3. The Bertz CT molecular complexity index is 1090. The van der Waals surface area contributed by atoms with Gasteiger partial charge in [0.25, 0.3) is 5.56 Å². The standard InChI is InChI=1S/C22H26N4O3S/c1-15-23-20-19(21(28)25(15)13-14-29-2)24-22(30-20)26-12-6-9-17(26)18(27)11-10-16-7-4-3-5-8-16/h3-5,7-8,17H,6,9-14H2,1-2H3/t17-/m1/s1. The van der Waals surface area contributed by atoms with Crippen LogP contribution in [0.15, 0.2) is 35.1 Å². The van der Waals surface area contributed by atoms with Crippen LogP contribution in [-0.2, 0) is 22.5 Å². The molecule has 30 heavy (non-hydrogen) atoms. The molecule has 1 aliphatic heterocycles. The molecule has 3 heterocycles. The number of anilines is 1. The Morgan fingerprint density at radius 1 is 1.27 bits per heavy atom. The molecule has 0 amide bonds. The van der Waals surface area contributed by atoms with Crippen molar-refractivity contribution in [3.8, 4) is 0 Å². The highest BCUT2D eigenvalue weighted by molar-refractivity contribution is 7.21. The maximum atomic E-state index is 13.0. The number of nitrogens with zero attached hydrogens (tertiary/aromatic N) is 4. The number of methoxy groups -OCH3 is 1. The van der Waals surface area contributed by atoms with Crippen molar-refractivity contribution in [2.45, 2.75) is 45.2 Å². The zero-order valence-corrected chi connectivity index (χ0v) is 18.2. The van der Waals surface area contributed by atoms with Gasteiger partial charge in [0.1, 0.15) is 5.82 Å². The fourth-order valence-electron chi connectivity index (χ4n) is 3.98. The molecule has 1 fully saturated rings. The molecule has 3 aromatic rings. The van der Waals surface area contributed by atoms with Gasteiger partial charge in [-0.05, 0) is 31.7 Å². The lowest BCUT2D eigenvalue weighted by atomic mass is 10.0. The van der Waals surface area contributed by atoms with Gasteiger partial charge in [-0.1, -0.05) is 41.7 Å². The summed E-state index contributed by atoms with van der Waals surface area (Å²) in [7, 11) is 1.61. The molecule has 0 spiro atoms. The van der Waals surface area contributed by atoms with E-state index >= 15 is 0 Å². The van der Waals surface area contributed by atoms with E-state index in [4.69, 9.17) is 4.74 Å². The van der Waals surface area contributed by atoms with Crippen molar-refractivity contribution in [1.29, 1.82) is 0 Å². The maximum Gasteiger partial charge on any atom is 0.281 e. The molecular formula is C22H26N4O3S. The second-order valence-corrected chi connectivity index (χ2v) is 8.52. The molecule has 1 atom stereocenters. The van der Waals surface area contributed by atoms with Crippen molar-refractivity contribution in [3.05, 3.63) is 52.1 Å². The first-order valence-electron chi connectivity index (χ1n) is 10.3. The third-order valence-corrected chi connectivity index (χ3v) is 6.58. The van der Waals surface area contributed by atoms with Crippen LogP contribution in [0.1, 0.15) is 30.7 Å². The van der Waals surface area contributed by atoms with Crippen molar-refractivity contribution in [3.63, 3.8) is 0 Å². The summed E-state index contributed by atoms with van der Waals surface area (Å²) in [5, 5.41) is 0.717. The number of benzene rings is 1. The van der Waals surface area contributed by atoms with Gasteiger partial charge in [0.05, 0.1) is 19.2 Å². The quantitative estimate of drug-likeness (QED) is 0.551. The van der Waals surface area contributed by atoms with E-state index in [1.807, 2.05) is 25.1 Å². The smallest absolute Gasteiger partial charge is 0.281 e. The van der Waals surface area contributed by atoms with E-state index in [0.29, 0.717) is 40.9 Å². The lowest BCUT2D eigenvalue weighted by molar-refractivity contribution is -0.120. The first kappa shape index (κ1) is 20.7. The Morgan fingerprint density at radius 2 is 2.07 bits per heavy atom. The van der Waals surface area contributed by atoms with Crippen LogP contribution in [-0.4, -0.2) is 46.6 Å². The molecule has 158 valence electrons. The minimum absolute atomic E-state index is 0.150. The minimum atomic E-state index is -0.175. The number of Topliss-reactive ketones (excluding diaryl/α,β-unsaturated/α-hetero) is 1. The molecule has 0 radical (unpaired) electrons. The van der Waals surface area contributed by atoms with Crippen LogP contribution in [0.3, 0.4) is 0 Å². The Morgan fingerprint density at radius 3 is 2.83 bits per heavy atom. The van der Waals surface area contributed by atoms with E-state index in [9.17, 15) is 9.59 Å². The lowest BCUT2D eigenvalue weighted by Gasteiger charge is -2.22. The maximum absolute atomic E-state index is 13.0. The van der Waals surface area contributed by atoms with Crippen molar-refractivity contribution in [1.82, 2.24) is 14.5 Å². The molecule has 8 heteroatoms. The number of carbonyl (C=O) groups excluding carboxylic acids is 1. The molecule has 1 aliphatic rings. The molecule has 7 nitrogen and oxygen atoms in total. The number of ketones is 1. The normalized spacial score (nSPS) is 16.5. The van der Waals surface area contributed by atoms with Crippen LogP contribution in [0.5, 0.6) is 0 Å². The van der Waals surface area contributed by atoms with E-state index in [0.717, 1.165) is 25.8 Å². The summed E-state index contributed by atoms with van der Waals surface area (Å²) in [5.41, 5.74) is 1.40. The second-order valence-electron chi connectivity index (χ2n) is 7.56.